The lowest BCUT2D eigenvalue weighted by Crippen LogP contribution is -2.49. The Kier molecular flexibility index (Phi) is 5.27. The minimum Gasteiger partial charge on any atom is -0.349 e. The maximum absolute atomic E-state index is 12.2. The number of piperidine rings is 1. The van der Waals surface area contributed by atoms with Gasteiger partial charge in [0.2, 0.25) is 5.91 Å². The van der Waals surface area contributed by atoms with Gasteiger partial charge >= 0.3 is 0 Å². The Labute approximate surface area is 140 Å². The third-order valence-corrected chi connectivity index (χ3v) is 4.34. The van der Waals surface area contributed by atoms with Crippen molar-refractivity contribution < 1.29 is 9.59 Å². The molecule has 0 unspecified atom stereocenters. The van der Waals surface area contributed by atoms with Gasteiger partial charge < -0.3 is 10.2 Å². The average molecular weight is 367 g/mol. The second kappa shape index (κ2) is 6.82. The Balaban J connectivity index is 1.88. The number of amides is 2. The molecule has 0 aromatic heterocycles. The quantitative estimate of drug-likeness (QED) is 0.873. The van der Waals surface area contributed by atoms with Crippen LogP contribution in [-0.4, -0.2) is 35.8 Å². The van der Waals surface area contributed by atoms with Crippen molar-refractivity contribution in [2.75, 3.05) is 13.1 Å². The van der Waals surface area contributed by atoms with Crippen LogP contribution in [0.3, 0.4) is 0 Å². The molecule has 0 atom stereocenters. The summed E-state index contributed by atoms with van der Waals surface area (Å²) < 4.78 is 0.894. The van der Waals surface area contributed by atoms with Crippen molar-refractivity contribution in [3.05, 3.63) is 34.3 Å². The Morgan fingerprint density at radius 2 is 1.86 bits per heavy atom. The molecule has 120 valence electrons. The lowest BCUT2D eigenvalue weighted by Gasteiger charge is -2.36. The summed E-state index contributed by atoms with van der Waals surface area (Å²) in [6.45, 7) is 7.24. The molecule has 1 saturated heterocycles. The van der Waals surface area contributed by atoms with Gasteiger partial charge in [0.1, 0.15) is 0 Å². The number of carbonyl (C=O) groups is 2. The molecule has 2 rings (SSSR count). The first-order valence-corrected chi connectivity index (χ1v) is 8.42. The largest absolute Gasteiger partial charge is 0.349 e. The number of halogens is 1. The van der Waals surface area contributed by atoms with Crippen molar-refractivity contribution in [3.8, 4) is 0 Å². The number of nitrogens with one attached hydrogen (secondary N) is 1. The summed E-state index contributed by atoms with van der Waals surface area (Å²) in [6, 6.07) is 7.50. The number of carbonyl (C=O) groups excluding carboxylic acids is 2. The van der Waals surface area contributed by atoms with E-state index in [1.807, 2.05) is 43.9 Å². The number of benzene rings is 1. The van der Waals surface area contributed by atoms with Crippen LogP contribution in [0.1, 0.15) is 44.0 Å². The van der Waals surface area contributed by atoms with Gasteiger partial charge in [0, 0.05) is 34.6 Å². The zero-order valence-corrected chi connectivity index (χ0v) is 14.9. The van der Waals surface area contributed by atoms with Gasteiger partial charge in [-0.05, 0) is 31.0 Å². The molecule has 0 radical (unpaired) electrons. The molecule has 1 fully saturated rings. The van der Waals surface area contributed by atoms with Crippen molar-refractivity contribution in [1.82, 2.24) is 10.2 Å². The van der Waals surface area contributed by atoms with Crippen molar-refractivity contribution in [3.63, 3.8) is 0 Å². The molecule has 4 nitrogen and oxygen atoms in total. The van der Waals surface area contributed by atoms with Crippen LogP contribution in [-0.2, 0) is 4.79 Å². The Morgan fingerprint density at radius 1 is 1.23 bits per heavy atom. The van der Waals surface area contributed by atoms with E-state index in [4.69, 9.17) is 0 Å². The molecule has 1 heterocycles. The van der Waals surface area contributed by atoms with Gasteiger partial charge in [-0.1, -0.05) is 42.8 Å². The van der Waals surface area contributed by atoms with E-state index in [-0.39, 0.29) is 23.3 Å². The Morgan fingerprint density at radius 3 is 2.41 bits per heavy atom. The number of hydrogen-bond donors (Lipinski definition) is 1. The molecule has 0 saturated carbocycles. The van der Waals surface area contributed by atoms with Crippen LogP contribution >= 0.6 is 15.9 Å². The van der Waals surface area contributed by atoms with Crippen LogP contribution in [0.2, 0.25) is 0 Å². The Hall–Kier alpha value is -1.36. The van der Waals surface area contributed by atoms with Crippen molar-refractivity contribution in [2.24, 2.45) is 5.41 Å². The van der Waals surface area contributed by atoms with Crippen molar-refractivity contribution in [1.29, 1.82) is 0 Å². The predicted octanol–water partition coefficient (Wildman–Crippen LogP) is 3.22. The summed E-state index contributed by atoms with van der Waals surface area (Å²) in [5, 5.41) is 3.06. The van der Waals surface area contributed by atoms with Crippen LogP contribution < -0.4 is 5.32 Å². The first kappa shape index (κ1) is 17.0. The molecule has 5 heteroatoms. The van der Waals surface area contributed by atoms with Gasteiger partial charge in [-0.15, -0.1) is 0 Å². The third kappa shape index (κ3) is 4.32. The highest BCUT2D eigenvalue weighted by Crippen LogP contribution is 2.21. The summed E-state index contributed by atoms with van der Waals surface area (Å²) in [5.74, 6) is 0.131. The predicted molar refractivity (Wildman–Crippen MR) is 90.7 cm³/mol. The fraction of sp³-hybridized carbons (Fsp3) is 0.529. The van der Waals surface area contributed by atoms with Gasteiger partial charge in [-0.25, -0.2) is 0 Å². The number of likely N-dealkylation sites (tertiary alicyclic amines) is 1. The molecule has 2 amide bonds. The molecule has 1 N–H and O–H groups in total. The van der Waals surface area contributed by atoms with Crippen LogP contribution in [0.25, 0.3) is 0 Å². The topological polar surface area (TPSA) is 49.4 Å². The summed E-state index contributed by atoms with van der Waals surface area (Å²) in [5.41, 5.74) is 0.314. The maximum Gasteiger partial charge on any atom is 0.251 e. The van der Waals surface area contributed by atoms with E-state index in [9.17, 15) is 9.59 Å². The van der Waals surface area contributed by atoms with Gasteiger partial charge in [-0.3, -0.25) is 9.59 Å². The monoisotopic (exact) mass is 366 g/mol. The second-order valence-electron chi connectivity index (χ2n) is 6.80. The average Bonchev–Trinajstić information content (AvgIpc) is 2.46. The molecule has 22 heavy (non-hydrogen) atoms. The van der Waals surface area contributed by atoms with Crippen molar-refractivity contribution >= 4 is 27.7 Å². The lowest BCUT2D eigenvalue weighted by atomic mass is 9.93. The number of nitrogens with zero attached hydrogens (tertiary/aromatic N) is 1. The van der Waals surface area contributed by atoms with Gasteiger partial charge in [0.05, 0.1) is 0 Å². The van der Waals surface area contributed by atoms with Crippen LogP contribution in [0.5, 0.6) is 0 Å². The van der Waals surface area contributed by atoms with Crippen LogP contribution in [0.4, 0.5) is 0 Å². The third-order valence-electron chi connectivity index (χ3n) is 3.85. The molecular formula is C17H23BrN2O2. The Bertz CT molecular complexity index is 558. The molecule has 0 aliphatic carbocycles. The molecule has 1 aliphatic heterocycles. The number of rotatable bonds is 2. The van der Waals surface area contributed by atoms with Gasteiger partial charge in [-0.2, -0.15) is 0 Å². The number of hydrogen-bond acceptors (Lipinski definition) is 2. The molecular weight excluding hydrogens is 344 g/mol. The van der Waals surface area contributed by atoms with Crippen molar-refractivity contribution in [2.45, 2.75) is 39.7 Å². The van der Waals surface area contributed by atoms with Gasteiger partial charge in [0.25, 0.3) is 5.91 Å². The highest BCUT2D eigenvalue weighted by molar-refractivity contribution is 9.10. The summed E-state index contributed by atoms with van der Waals surface area (Å²) >= 11 is 3.37. The first-order valence-electron chi connectivity index (χ1n) is 7.63. The normalized spacial score (nSPS) is 16.5. The van der Waals surface area contributed by atoms with Crippen LogP contribution in [0.15, 0.2) is 28.7 Å². The minimum atomic E-state index is -0.341. The molecule has 1 aromatic carbocycles. The van der Waals surface area contributed by atoms with Gasteiger partial charge in [0.15, 0.2) is 0 Å². The summed E-state index contributed by atoms with van der Waals surface area (Å²) in [4.78, 5) is 26.4. The highest BCUT2D eigenvalue weighted by Gasteiger charge is 2.30. The van der Waals surface area contributed by atoms with Crippen LogP contribution in [0, 0.1) is 5.41 Å². The second-order valence-corrected chi connectivity index (χ2v) is 7.72. The van der Waals surface area contributed by atoms with E-state index in [1.165, 1.54) is 0 Å². The maximum atomic E-state index is 12.2. The highest BCUT2D eigenvalue weighted by atomic mass is 79.9. The fourth-order valence-electron chi connectivity index (χ4n) is 2.60. The summed E-state index contributed by atoms with van der Waals surface area (Å²) in [6.07, 6.45) is 1.61. The van der Waals surface area contributed by atoms with E-state index in [1.54, 1.807) is 6.07 Å². The standard InChI is InChI=1S/C17H23BrN2O2/c1-17(2,3)16(22)20-9-7-14(8-10-20)19-15(21)12-5-4-6-13(18)11-12/h4-6,11,14H,7-10H2,1-3H3,(H,19,21). The van der Waals surface area contributed by atoms with E-state index >= 15 is 0 Å². The molecule has 1 aromatic rings. The van der Waals surface area contributed by atoms with E-state index in [2.05, 4.69) is 21.2 Å². The molecule has 1 aliphatic rings. The zero-order valence-electron chi connectivity index (χ0n) is 13.4. The van der Waals surface area contributed by atoms with E-state index in [0.29, 0.717) is 18.7 Å². The molecule has 0 bridgehead atoms. The smallest absolute Gasteiger partial charge is 0.251 e. The SMILES string of the molecule is CC(C)(C)C(=O)N1CCC(NC(=O)c2cccc(Br)c2)CC1. The lowest BCUT2D eigenvalue weighted by molar-refractivity contribution is -0.140. The molecule has 0 spiro atoms. The minimum absolute atomic E-state index is 0.0538. The van der Waals surface area contributed by atoms with E-state index < -0.39 is 0 Å². The zero-order chi connectivity index (χ0) is 16.3. The first-order chi connectivity index (χ1) is 10.3. The summed E-state index contributed by atoms with van der Waals surface area (Å²) in [7, 11) is 0. The van der Waals surface area contributed by atoms with E-state index in [0.717, 1.165) is 17.3 Å². The fourth-order valence-corrected chi connectivity index (χ4v) is 3.00.